The SMILES string of the molecule is Cc1cc(C(=O)N2CCCC(C)(O)CC2)cc(NN)n1. The Morgan fingerprint density at radius 2 is 2.20 bits per heavy atom. The number of aromatic nitrogens is 1. The number of nitrogens with zero attached hydrogens (tertiary/aromatic N) is 2. The normalized spacial score (nSPS) is 23.3. The first-order valence-corrected chi connectivity index (χ1v) is 6.88. The fourth-order valence-corrected chi connectivity index (χ4v) is 2.52. The fourth-order valence-electron chi connectivity index (χ4n) is 2.52. The molecule has 1 atom stereocenters. The molecule has 1 fully saturated rings. The molecule has 1 aliphatic rings. The fraction of sp³-hybridized carbons (Fsp3) is 0.571. The van der Waals surface area contributed by atoms with Crippen molar-refractivity contribution in [3.8, 4) is 0 Å². The summed E-state index contributed by atoms with van der Waals surface area (Å²) < 4.78 is 0. The van der Waals surface area contributed by atoms with Crippen LogP contribution in [0.25, 0.3) is 0 Å². The van der Waals surface area contributed by atoms with E-state index in [9.17, 15) is 9.90 Å². The van der Waals surface area contributed by atoms with Crippen molar-refractivity contribution in [3.05, 3.63) is 23.4 Å². The van der Waals surface area contributed by atoms with Crippen molar-refractivity contribution in [1.29, 1.82) is 0 Å². The van der Waals surface area contributed by atoms with E-state index in [4.69, 9.17) is 5.84 Å². The first-order chi connectivity index (χ1) is 9.41. The molecule has 4 N–H and O–H groups in total. The molecular formula is C14H22N4O2. The third-order valence-corrected chi connectivity index (χ3v) is 3.70. The van der Waals surface area contributed by atoms with Crippen molar-refractivity contribution in [1.82, 2.24) is 9.88 Å². The zero-order chi connectivity index (χ0) is 14.8. The summed E-state index contributed by atoms with van der Waals surface area (Å²) in [7, 11) is 0. The van der Waals surface area contributed by atoms with Crippen molar-refractivity contribution in [3.63, 3.8) is 0 Å². The van der Waals surface area contributed by atoms with Crippen LogP contribution in [0.1, 0.15) is 42.2 Å². The molecule has 0 aliphatic carbocycles. The van der Waals surface area contributed by atoms with Crippen molar-refractivity contribution < 1.29 is 9.90 Å². The van der Waals surface area contributed by atoms with Crippen molar-refractivity contribution in [2.24, 2.45) is 5.84 Å². The number of carbonyl (C=O) groups excluding carboxylic acids is 1. The van der Waals surface area contributed by atoms with Crippen LogP contribution in [0.4, 0.5) is 5.82 Å². The number of hydrogen-bond acceptors (Lipinski definition) is 5. The maximum atomic E-state index is 12.5. The van der Waals surface area contributed by atoms with E-state index < -0.39 is 5.60 Å². The Labute approximate surface area is 119 Å². The minimum Gasteiger partial charge on any atom is -0.390 e. The van der Waals surface area contributed by atoms with E-state index in [2.05, 4.69) is 10.4 Å². The summed E-state index contributed by atoms with van der Waals surface area (Å²) in [6.45, 7) is 4.89. The summed E-state index contributed by atoms with van der Waals surface area (Å²) in [6.07, 6.45) is 2.14. The van der Waals surface area contributed by atoms with E-state index >= 15 is 0 Å². The Morgan fingerprint density at radius 1 is 1.45 bits per heavy atom. The Morgan fingerprint density at radius 3 is 2.90 bits per heavy atom. The minimum atomic E-state index is -0.673. The monoisotopic (exact) mass is 278 g/mol. The molecule has 110 valence electrons. The summed E-state index contributed by atoms with van der Waals surface area (Å²) >= 11 is 0. The number of aliphatic hydroxyl groups is 1. The zero-order valence-corrected chi connectivity index (χ0v) is 12.0. The third-order valence-electron chi connectivity index (χ3n) is 3.70. The first-order valence-electron chi connectivity index (χ1n) is 6.88. The van der Waals surface area contributed by atoms with Gasteiger partial charge in [0.25, 0.3) is 5.91 Å². The molecule has 1 unspecified atom stereocenters. The number of rotatable bonds is 2. The Hall–Kier alpha value is -1.66. The van der Waals surface area contributed by atoms with Gasteiger partial charge in [-0.05, 0) is 45.2 Å². The molecule has 0 spiro atoms. The molecule has 6 nitrogen and oxygen atoms in total. The molecule has 0 bridgehead atoms. The van der Waals surface area contributed by atoms with E-state index in [-0.39, 0.29) is 5.91 Å². The van der Waals surface area contributed by atoms with Gasteiger partial charge in [0.05, 0.1) is 5.60 Å². The standard InChI is InChI=1S/C14H22N4O2/c1-10-8-11(9-12(16-10)17-15)13(19)18-6-3-4-14(2,20)5-7-18/h8-9,20H,3-7,15H2,1-2H3,(H,16,17). The van der Waals surface area contributed by atoms with E-state index in [1.807, 2.05) is 13.8 Å². The van der Waals surface area contributed by atoms with E-state index in [0.717, 1.165) is 18.5 Å². The number of pyridine rings is 1. The first kappa shape index (κ1) is 14.7. The number of hydrogen-bond donors (Lipinski definition) is 3. The molecule has 1 amide bonds. The molecule has 0 saturated carbocycles. The molecule has 2 rings (SSSR count). The van der Waals surface area contributed by atoms with Crippen molar-refractivity contribution in [2.45, 2.75) is 38.7 Å². The van der Waals surface area contributed by atoms with Gasteiger partial charge in [-0.25, -0.2) is 10.8 Å². The highest BCUT2D eigenvalue weighted by Gasteiger charge is 2.27. The lowest BCUT2D eigenvalue weighted by Gasteiger charge is -2.23. The van der Waals surface area contributed by atoms with Gasteiger partial charge in [-0.1, -0.05) is 0 Å². The number of anilines is 1. The average Bonchev–Trinajstić information content (AvgIpc) is 2.58. The molecule has 6 heteroatoms. The van der Waals surface area contributed by atoms with Crippen LogP contribution < -0.4 is 11.3 Å². The predicted octanol–water partition coefficient (Wildman–Crippen LogP) is 1.05. The van der Waals surface area contributed by atoms with Crippen LogP contribution >= 0.6 is 0 Å². The number of nitrogens with one attached hydrogen (secondary N) is 1. The zero-order valence-electron chi connectivity index (χ0n) is 12.0. The van der Waals surface area contributed by atoms with Gasteiger partial charge in [0, 0.05) is 24.3 Å². The second kappa shape index (κ2) is 5.76. The Kier molecular flexibility index (Phi) is 4.25. The van der Waals surface area contributed by atoms with Gasteiger partial charge >= 0.3 is 0 Å². The lowest BCUT2D eigenvalue weighted by atomic mass is 9.98. The predicted molar refractivity (Wildman–Crippen MR) is 77.2 cm³/mol. The highest BCUT2D eigenvalue weighted by molar-refractivity contribution is 5.95. The van der Waals surface area contributed by atoms with E-state index in [1.54, 1.807) is 17.0 Å². The average molecular weight is 278 g/mol. The summed E-state index contributed by atoms with van der Waals surface area (Å²) in [5.41, 5.74) is 3.11. The summed E-state index contributed by atoms with van der Waals surface area (Å²) in [6, 6.07) is 3.41. The molecule has 0 aromatic carbocycles. The van der Waals surface area contributed by atoms with E-state index in [1.165, 1.54) is 0 Å². The number of hydrazine groups is 1. The number of carbonyl (C=O) groups is 1. The van der Waals surface area contributed by atoms with Gasteiger partial charge in [-0.3, -0.25) is 4.79 Å². The van der Waals surface area contributed by atoms with Crippen LogP contribution in [0.5, 0.6) is 0 Å². The van der Waals surface area contributed by atoms with Crippen LogP contribution in [0.15, 0.2) is 12.1 Å². The van der Waals surface area contributed by atoms with E-state index in [0.29, 0.717) is 30.9 Å². The molecular weight excluding hydrogens is 256 g/mol. The molecule has 2 heterocycles. The van der Waals surface area contributed by atoms with Crippen LogP contribution in [-0.2, 0) is 0 Å². The minimum absolute atomic E-state index is 0.0373. The van der Waals surface area contributed by atoms with Crippen molar-refractivity contribution in [2.75, 3.05) is 18.5 Å². The van der Waals surface area contributed by atoms with Crippen LogP contribution in [-0.4, -0.2) is 39.6 Å². The smallest absolute Gasteiger partial charge is 0.254 e. The van der Waals surface area contributed by atoms with Gasteiger partial charge in [-0.15, -0.1) is 0 Å². The maximum Gasteiger partial charge on any atom is 0.254 e. The van der Waals surface area contributed by atoms with Crippen LogP contribution in [0.3, 0.4) is 0 Å². The molecule has 0 radical (unpaired) electrons. The highest BCUT2D eigenvalue weighted by atomic mass is 16.3. The van der Waals surface area contributed by atoms with Gasteiger partial charge in [-0.2, -0.15) is 0 Å². The quantitative estimate of drug-likeness (QED) is 0.555. The topological polar surface area (TPSA) is 91.5 Å². The molecule has 20 heavy (non-hydrogen) atoms. The Balaban J connectivity index is 2.16. The second-order valence-electron chi connectivity index (χ2n) is 5.67. The molecule has 1 aliphatic heterocycles. The number of likely N-dealkylation sites (tertiary alicyclic amines) is 1. The van der Waals surface area contributed by atoms with Crippen LogP contribution in [0.2, 0.25) is 0 Å². The van der Waals surface area contributed by atoms with Crippen LogP contribution in [0, 0.1) is 6.92 Å². The van der Waals surface area contributed by atoms with Gasteiger partial charge in [0.15, 0.2) is 0 Å². The Bertz CT molecular complexity index is 502. The second-order valence-corrected chi connectivity index (χ2v) is 5.67. The number of nitrogen functional groups attached to an aromatic ring is 1. The molecule has 1 aromatic heterocycles. The number of amides is 1. The largest absolute Gasteiger partial charge is 0.390 e. The van der Waals surface area contributed by atoms with Crippen molar-refractivity contribution >= 4 is 11.7 Å². The number of nitrogens with two attached hydrogens (primary N) is 1. The van der Waals surface area contributed by atoms with Gasteiger partial charge in [0.1, 0.15) is 5.82 Å². The van der Waals surface area contributed by atoms with Gasteiger partial charge in [0.2, 0.25) is 0 Å². The lowest BCUT2D eigenvalue weighted by molar-refractivity contribution is 0.0438. The number of aryl methyl sites for hydroxylation is 1. The lowest BCUT2D eigenvalue weighted by Crippen LogP contribution is -2.33. The molecule has 1 saturated heterocycles. The maximum absolute atomic E-state index is 12.5. The molecule has 1 aromatic rings. The summed E-state index contributed by atoms with van der Waals surface area (Å²) in [4.78, 5) is 18.5. The summed E-state index contributed by atoms with van der Waals surface area (Å²) in [5.74, 6) is 5.80. The summed E-state index contributed by atoms with van der Waals surface area (Å²) in [5, 5.41) is 10.1. The van der Waals surface area contributed by atoms with Gasteiger partial charge < -0.3 is 15.4 Å². The highest BCUT2D eigenvalue weighted by Crippen LogP contribution is 2.23. The third kappa shape index (κ3) is 3.46.